The van der Waals surface area contributed by atoms with Crippen molar-refractivity contribution in [3.8, 4) is 5.75 Å². The molecule has 2 aliphatic rings. The molecule has 2 aliphatic carbocycles. The summed E-state index contributed by atoms with van der Waals surface area (Å²) in [4.78, 5) is 0. The second-order valence-electron chi connectivity index (χ2n) is 6.30. The molecule has 0 heterocycles. The molecule has 0 aliphatic heterocycles. The molecule has 2 nitrogen and oxygen atoms in total. The van der Waals surface area contributed by atoms with Crippen LogP contribution < -0.4 is 10.5 Å². The average molecular weight is 245 g/mol. The maximum atomic E-state index is 6.60. The third-order valence-corrected chi connectivity index (χ3v) is 4.94. The zero-order valence-electron chi connectivity index (χ0n) is 11.2. The Morgan fingerprint density at radius 3 is 2.50 bits per heavy atom. The first kappa shape index (κ1) is 12.0. The Hall–Kier alpha value is -1.02. The first-order valence-electron chi connectivity index (χ1n) is 7.09. The van der Waals surface area contributed by atoms with Gasteiger partial charge >= 0.3 is 0 Å². The SMILES string of the molecule is COc1cccc(C2(N)CC3(CCCCC3)C2)c1. The van der Waals surface area contributed by atoms with Crippen molar-refractivity contribution in [2.75, 3.05) is 7.11 Å². The Labute approximate surface area is 110 Å². The number of ether oxygens (including phenoxy) is 1. The lowest BCUT2D eigenvalue weighted by Gasteiger charge is -2.57. The third kappa shape index (κ3) is 1.93. The van der Waals surface area contributed by atoms with Crippen LogP contribution in [0.5, 0.6) is 5.75 Å². The van der Waals surface area contributed by atoms with Gasteiger partial charge in [0.25, 0.3) is 0 Å². The number of benzene rings is 1. The summed E-state index contributed by atoms with van der Waals surface area (Å²) in [6, 6.07) is 8.30. The molecule has 0 saturated heterocycles. The van der Waals surface area contributed by atoms with Gasteiger partial charge in [0.15, 0.2) is 0 Å². The van der Waals surface area contributed by atoms with Gasteiger partial charge in [-0.05, 0) is 48.8 Å². The van der Waals surface area contributed by atoms with Crippen molar-refractivity contribution in [3.05, 3.63) is 29.8 Å². The minimum atomic E-state index is -0.105. The van der Waals surface area contributed by atoms with Crippen LogP contribution in [0.25, 0.3) is 0 Å². The normalized spacial score (nSPS) is 24.6. The summed E-state index contributed by atoms with van der Waals surface area (Å²) in [6.45, 7) is 0. The maximum Gasteiger partial charge on any atom is 0.119 e. The summed E-state index contributed by atoms with van der Waals surface area (Å²) < 4.78 is 5.30. The van der Waals surface area contributed by atoms with Gasteiger partial charge in [0.1, 0.15) is 5.75 Å². The van der Waals surface area contributed by atoms with Gasteiger partial charge in [-0.2, -0.15) is 0 Å². The molecule has 98 valence electrons. The van der Waals surface area contributed by atoms with E-state index in [1.807, 2.05) is 6.07 Å². The van der Waals surface area contributed by atoms with E-state index in [-0.39, 0.29) is 5.54 Å². The number of hydrogen-bond donors (Lipinski definition) is 1. The van der Waals surface area contributed by atoms with Gasteiger partial charge in [0, 0.05) is 5.54 Å². The van der Waals surface area contributed by atoms with Gasteiger partial charge in [-0.15, -0.1) is 0 Å². The molecule has 2 saturated carbocycles. The summed E-state index contributed by atoms with van der Waals surface area (Å²) in [5, 5.41) is 0. The van der Waals surface area contributed by atoms with E-state index in [1.54, 1.807) is 7.11 Å². The van der Waals surface area contributed by atoms with Crippen molar-refractivity contribution in [2.24, 2.45) is 11.1 Å². The van der Waals surface area contributed by atoms with Crippen molar-refractivity contribution >= 4 is 0 Å². The van der Waals surface area contributed by atoms with E-state index in [1.165, 1.54) is 37.7 Å². The number of methoxy groups -OCH3 is 1. The fourth-order valence-electron chi connectivity index (χ4n) is 4.08. The number of hydrogen-bond acceptors (Lipinski definition) is 2. The molecule has 0 aromatic heterocycles. The Balaban J connectivity index is 1.77. The topological polar surface area (TPSA) is 35.2 Å². The predicted octanol–water partition coefficient (Wildman–Crippen LogP) is 3.59. The second kappa shape index (κ2) is 4.27. The van der Waals surface area contributed by atoms with Gasteiger partial charge in [-0.3, -0.25) is 0 Å². The number of rotatable bonds is 2. The lowest BCUT2D eigenvalue weighted by Crippen LogP contribution is -2.56. The van der Waals surface area contributed by atoms with Crippen LogP contribution >= 0.6 is 0 Å². The minimum absolute atomic E-state index is 0.105. The van der Waals surface area contributed by atoms with Gasteiger partial charge in [0.05, 0.1) is 7.11 Å². The molecular weight excluding hydrogens is 222 g/mol. The van der Waals surface area contributed by atoms with E-state index >= 15 is 0 Å². The summed E-state index contributed by atoms with van der Waals surface area (Å²) >= 11 is 0. The molecule has 0 amide bonds. The van der Waals surface area contributed by atoms with E-state index in [2.05, 4.69) is 18.2 Å². The van der Waals surface area contributed by atoms with Crippen LogP contribution in [0, 0.1) is 5.41 Å². The summed E-state index contributed by atoms with van der Waals surface area (Å²) in [7, 11) is 1.71. The third-order valence-electron chi connectivity index (χ3n) is 4.94. The lowest BCUT2D eigenvalue weighted by molar-refractivity contribution is -0.00998. The van der Waals surface area contributed by atoms with Gasteiger partial charge < -0.3 is 10.5 Å². The highest BCUT2D eigenvalue weighted by Gasteiger charge is 2.52. The molecule has 0 atom stereocenters. The maximum absolute atomic E-state index is 6.60. The van der Waals surface area contributed by atoms with Crippen LogP contribution in [0.2, 0.25) is 0 Å². The molecule has 1 aromatic carbocycles. The Bertz CT molecular complexity index is 426. The Kier molecular flexibility index (Phi) is 2.86. The van der Waals surface area contributed by atoms with Gasteiger partial charge in [-0.1, -0.05) is 31.4 Å². The van der Waals surface area contributed by atoms with E-state index in [4.69, 9.17) is 10.5 Å². The van der Waals surface area contributed by atoms with Crippen LogP contribution in [-0.4, -0.2) is 7.11 Å². The molecule has 2 heteroatoms. The molecular formula is C16H23NO. The summed E-state index contributed by atoms with van der Waals surface area (Å²) in [5.74, 6) is 0.918. The van der Waals surface area contributed by atoms with Crippen LogP contribution in [0.1, 0.15) is 50.5 Å². The molecule has 2 fully saturated rings. The molecule has 0 bridgehead atoms. The Morgan fingerprint density at radius 1 is 1.11 bits per heavy atom. The standard InChI is InChI=1S/C16H23NO/c1-18-14-7-5-6-13(10-14)16(17)11-15(12-16)8-3-2-4-9-15/h5-7,10H,2-4,8-9,11-12,17H2,1H3. The molecule has 0 unspecified atom stereocenters. The van der Waals surface area contributed by atoms with E-state index in [0.29, 0.717) is 5.41 Å². The minimum Gasteiger partial charge on any atom is -0.497 e. The highest BCUT2D eigenvalue weighted by molar-refractivity contribution is 5.36. The fraction of sp³-hybridized carbons (Fsp3) is 0.625. The second-order valence-corrected chi connectivity index (χ2v) is 6.30. The van der Waals surface area contributed by atoms with Crippen molar-refractivity contribution < 1.29 is 4.74 Å². The van der Waals surface area contributed by atoms with Crippen molar-refractivity contribution in [1.82, 2.24) is 0 Å². The van der Waals surface area contributed by atoms with E-state index < -0.39 is 0 Å². The molecule has 0 radical (unpaired) electrons. The largest absolute Gasteiger partial charge is 0.497 e. The fourth-order valence-corrected chi connectivity index (χ4v) is 4.08. The van der Waals surface area contributed by atoms with Crippen molar-refractivity contribution in [3.63, 3.8) is 0 Å². The highest BCUT2D eigenvalue weighted by atomic mass is 16.5. The summed E-state index contributed by atoms with van der Waals surface area (Å²) in [6.07, 6.45) is 9.30. The Morgan fingerprint density at radius 2 is 1.83 bits per heavy atom. The predicted molar refractivity (Wildman–Crippen MR) is 73.6 cm³/mol. The number of nitrogens with two attached hydrogens (primary N) is 1. The van der Waals surface area contributed by atoms with Crippen LogP contribution in [0.15, 0.2) is 24.3 Å². The van der Waals surface area contributed by atoms with E-state index in [9.17, 15) is 0 Å². The van der Waals surface area contributed by atoms with Gasteiger partial charge in [-0.25, -0.2) is 0 Å². The zero-order chi connectivity index (χ0) is 12.6. The molecule has 1 spiro atoms. The average Bonchev–Trinajstić information content (AvgIpc) is 2.38. The molecule has 3 rings (SSSR count). The van der Waals surface area contributed by atoms with Gasteiger partial charge in [0.2, 0.25) is 0 Å². The van der Waals surface area contributed by atoms with Crippen molar-refractivity contribution in [2.45, 2.75) is 50.5 Å². The first-order chi connectivity index (χ1) is 8.66. The zero-order valence-corrected chi connectivity index (χ0v) is 11.2. The lowest BCUT2D eigenvalue weighted by atomic mass is 9.51. The van der Waals surface area contributed by atoms with E-state index in [0.717, 1.165) is 18.6 Å². The molecule has 1 aromatic rings. The monoisotopic (exact) mass is 245 g/mol. The quantitative estimate of drug-likeness (QED) is 0.864. The van der Waals surface area contributed by atoms with Crippen LogP contribution in [-0.2, 0) is 5.54 Å². The first-order valence-corrected chi connectivity index (χ1v) is 7.09. The molecule has 2 N–H and O–H groups in total. The smallest absolute Gasteiger partial charge is 0.119 e. The summed E-state index contributed by atoms with van der Waals surface area (Å²) in [5.41, 5.74) is 8.31. The molecule has 18 heavy (non-hydrogen) atoms. The van der Waals surface area contributed by atoms with Crippen LogP contribution in [0.4, 0.5) is 0 Å². The highest BCUT2D eigenvalue weighted by Crippen LogP contribution is 2.59. The van der Waals surface area contributed by atoms with Crippen LogP contribution in [0.3, 0.4) is 0 Å². The van der Waals surface area contributed by atoms with Crippen molar-refractivity contribution in [1.29, 1.82) is 0 Å².